The number of nitrogens with one attached hydrogen (secondary N) is 2. The summed E-state index contributed by atoms with van der Waals surface area (Å²) in [5, 5.41) is 12.6. The number of aromatic nitrogens is 1. The zero-order valence-corrected chi connectivity index (χ0v) is 12.3. The number of hydrogen-bond acceptors (Lipinski definition) is 2. The van der Waals surface area contributed by atoms with Crippen LogP contribution in [0.2, 0.25) is 0 Å². The molecular formula is C17H13F3N2O2. The molecule has 0 spiro atoms. The van der Waals surface area contributed by atoms with E-state index in [0.29, 0.717) is 10.9 Å². The summed E-state index contributed by atoms with van der Waals surface area (Å²) in [6.07, 6.45) is 1.68. The highest BCUT2D eigenvalue weighted by molar-refractivity contribution is 6.06. The summed E-state index contributed by atoms with van der Waals surface area (Å²) in [6, 6.07) is 7.20. The van der Waals surface area contributed by atoms with Gasteiger partial charge < -0.3 is 15.4 Å². The van der Waals surface area contributed by atoms with E-state index < -0.39 is 36.0 Å². The van der Waals surface area contributed by atoms with Gasteiger partial charge in [-0.05, 0) is 35.9 Å². The van der Waals surface area contributed by atoms with Crippen molar-refractivity contribution in [1.82, 2.24) is 10.3 Å². The van der Waals surface area contributed by atoms with Gasteiger partial charge >= 0.3 is 0 Å². The van der Waals surface area contributed by atoms with Crippen LogP contribution in [0.25, 0.3) is 10.9 Å². The van der Waals surface area contributed by atoms with Crippen LogP contribution in [-0.2, 0) is 0 Å². The maximum absolute atomic E-state index is 13.4. The number of halogens is 3. The summed E-state index contributed by atoms with van der Waals surface area (Å²) in [4.78, 5) is 15.4. The van der Waals surface area contributed by atoms with Gasteiger partial charge in [-0.25, -0.2) is 13.2 Å². The van der Waals surface area contributed by atoms with Crippen LogP contribution in [0.3, 0.4) is 0 Å². The van der Waals surface area contributed by atoms with Crippen molar-refractivity contribution in [3.8, 4) is 0 Å². The quantitative estimate of drug-likeness (QED) is 0.642. The fraction of sp³-hybridized carbons (Fsp3) is 0.118. The first-order chi connectivity index (χ1) is 11.5. The number of aliphatic hydroxyl groups excluding tert-OH is 1. The summed E-state index contributed by atoms with van der Waals surface area (Å²) in [6.45, 7) is -0.598. The van der Waals surface area contributed by atoms with E-state index in [9.17, 15) is 23.1 Å². The Morgan fingerprint density at radius 3 is 2.54 bits per heavy atom. The van der Waals surface area contributed by atoms with Crippen molar-refractivity contribution in [3.63, 3.8) is 0 Å². The van der Waals surface area contributed by atoms with E-state index in [2.05, 4.69) is 10.3 Å². The number of carbonyl (C=O) groups is 1. The molecule has 1 heterocycles. The number of amides is 1. The van der Waals surface area contributed by atoms with Crippen LogP contribution in [0.1, 0.15) is 22.0 Å². The molecule has 0 aliphatic rings. The van der Waals surface area contributed by atoms with E-state index in [1.807, 2.05) is 0 Å². The number of carbonyl (C=O) groups excluding carboxylic acids is 1. The Bertz CT molecular complexity index is 885. The average Bonchev–Trinajstić information content (AvgIpc) is 3.05. The van der Waals surface area contributed by atoms with Crippen molar-refractivity contribution in [2.75, 3.05) is 6.61 Å². The van der Waals surface area contributed by atoms with Crippen molar-refractivity contribution in [1.29, 1.82) is 0 Å². The van der Waals surface area contributed by atoms with Crippen LogP contribution in [0, 0.1) is 17.5 Å². The minimum absolute atomic E-state index is 0.0662. The Hall–Kier alpha value is -2.80. The van der Waals surface area contributed by atoms with E-state index in [4.69, 9.17) is 0 Å². The third kappa shape index (κ3) is 2.85. The largest absolute Gasteiger partial charge is 0.394 e. The van der Waals surface area contributed by atoms with Crippen LogP contribution in [-0.4, -0.2) is 22.6 Å². The normalized spacial score (nSPS) is 12.3. The molecule has 0 aliphatic carbocycles. The van der Waals surface area contributed by atoms with Gasteiger partial charge in [0.15, 0.2) is 17.5 Å². The van der Waals surface area contributed by atoms with Crippen molar-refractivity contribution in [2.24, 2.45) is 0 Å². The van der Waals surface area contributed by atoms with E-state index in [1.165, 1.54) is 0 Å². The fourth-order valence-corrected chi connectivity index (χ4v) is 2.53. The Labute approximate surface area is 134 Å². The van der Waals surface area contributed by atoms with Crippen LogP contribution >= 0.6 is 0 Å². The highest BCUT2D eigenvalue weighted by atomic mass is 19.2. The molecule has 4 nitrogen and oxygen atoms in total. The molecule has 2 aromatic carbocycles. The topological polar surface area (TPSA) is 65.1 Å². The molecule has 0 aliphatic heterocycles. The average molecular weight is 334 g/mol. The lowest BCUT2D eigenvalue weighted by Gasteiger charge is -2.17. The monoisotopic (exact) mass is 334 g/mol. The molecule has 3 rings (SSSR count). The first-order valence-electron chi connectivity index (χ1n) is 7.13. The number of fused-ring (bicyclic) bond motifs is 1. The van der Waals surface area contributed by atoms with Gasteiger partial charge in [0.1, 0.15) is 0 Å². The summed E-state index contributed by atoms with van der Waals surface area (Å²) in [5.74, 6) is -4.89. The second-order valence-corrected chi connectivity index (χ2v) is 5.25. The van der Waals surface area contributed by atoms with Crippen LogP contribution in [0.4, 0.5) is 13.2 Å². The van der Waals surface area contributed by atoms with Gasteiger partial charge in [0, 0.05) is 22.7 Å². The second kappa shape index (κ2) is 6.37. The molecular weight excluding hydrogens is 321 g/mol. The summed E-state index contributed by atoms with van der Waals surface area (Å²) >= 11 is 0. The highest BCUT2D eigenvalue weighted by Crippen LogP contribution is 2.21. The molecule has 0 bridgehead atoms. The van der Waals surface area contributed by atoms with Crippen molar-refractivity contribution in [3.05, 3.63) is 71.2 Å². The minimum Gasteiger partial charge on any atom is -0.394 e. The summed E-state index contributed by atoms with van der Waals surface area (Å²) in [5.41, 5.74) is 1.03. The van der Waals surface area contributed by atoms with E-state index >= 15 is 0 Å². The molecule has 124 valence electrons. The molecule has 7 heteroatoms. The molecule has 1 unspecified atom stereocenters. The Morgan fingerprint density at radius 1 is 1.17 bits per heavy atom. The van der Waals surface area contributed by atoms with Gasteiger partial charge in [-0.1, -0.05) is 6.07 Å². The number of aromatic amines is 1. The third-order valence-corrected chi connectivity index (χ3v) is 3.74. The minimum atomic E-state index is -1.60. The van der Waals surface area contributed by atoms with Crippen LogP contribution in [0.15, 0.2) is 42.6 Å². The molecule has 0 saturated carbocycles. The van der Waals surface area contributed by atoms with Gasteiger partial charge in [0.05, 0.1) is 12.6 Å². The van der Waals surface area contributed by atoms with E-state index in [-0.39, 0.29) is 5.56 Å². The fourth-order valence-electron chi connectivity index (χ4n) is 2.53. The Kier molecular flexibility index (Phi) is 4.26. The maximum Gasteiger partial charge on any atom is 0.252 e. The lowest BCUT2D eigenvalue weighted by molar-refractivity contribution is 0.0917. The number of benzene rings is 2. The maximum atomic E-state index is 13.4. The van der Waals surface area contributed by atoms with Gasteiger partial charge in [-0.15, -0.1) is 0 Å². The van der Waals surface area contributed by atoms with Crippen LogP contribution in [0.5, 0.6) is 0 Å². The molecule has 0 fully saturated rings. The van der Waals surface area contributed by atoms with Crippen molar-refractivity contribution in [2.45, 2.75) is 6.04 Å². The number of aliphatic hydroxyl groups is 1. The van der Waals surface area contributed by atoms with E-state index in [1.54, 1.807) is 30.5 Å². The third-order valence-electron chi connectivity index (χ3n) is 3.74. The number of H-pyrrole nitrogens is 1. The van der Waals surface area contributed by atoms with Gasteiger partial charge in [0.25, 0.3) is 5.91 Å². The smallest absolute Gasteiger partial charge is 0.252 e. The summed E-state index contributed by atoms with van der Waals surface area (Å²) < 4.78 is 39.7. The lowest BCUT2D eigenvalue weighted by atomic mass is 10.0. The van der Waals surface area contributed by atoms with Gasteiger partial charge in [-0.2, -0.15) is 0 Å². The zero-order chi connectivity index (χ0) is 17.3. The predicted octanol–water partition coefficient (Wildman–Crippen LogP) is 3.05. The molecule has 1 atom stereocenters. The summed E-state index contributed by atoms with van der Waals surface area (Å²) in [7, 11) is 0. The second-order valence-electron chi connectivity index (χ2n) is 5.25. The van der Waals surface area contributed by atoms with Crippen molar-refractivity contribution >= 4 is 16.8 Å². The van der Waals surface area contributed by atoms with Gasteiger partial charge in [-0.3, -0.25) is 4.79 Å². The first-order valence-corrected chi connectivity index (χ1v) is 7.13. The SMILES string of the molecule is O=C(NC(CO)c1cc(F)c(F)c(F)c1)c1cccc2[nH]ccc12. The number of hydrogen-bond donors (Lipinski definition) is 3. The molecule has 0 radical (unpaired) electrons. The highest BCUT2D eigenvalue weighted by Gasteiger charge is 2.20. The lowest BCUT2D eigenvalue weighted by Crippen LogP contribution is -2.31. The number of rotatable bonds is 4. The molecule has 1 amide bonds. The van der Waals surface area contributed by atoms with Gasteiger partial charge in [0.2, 0.25) is 0 Å². The molecule has 3 N–H and O–H groups in total. The predicted molar refractivity (Wildman–Crippen MR) is 81.9 cm³/mol. The molecule has 3 aromatic rings. The van der Waals surface area contributed by atoms with Crippen molar-refractivity contribution < 1.29 is 23.1 Å². The zero-order valence-electron chi connectivity index (χ0n) is 12.3. The molecule has 0 saturated heterocycles. The molecule has 1 aromatic heterocycles. The standard InChI is InChI=1S/C17H13F3N2O2/c18-12-6-9(7-13(19)16(12)20)15(8-23)22-17(24)11-2-1-3-14-10(11)4-5-21-14/h1-7,15,21,23H,8H2,(H,22,24). The van der Waals surface area contributed by atoms with Crippen LogP contribution < -0.4 is 5.32 Å². The first kappa shape index (κ1) is 16.1. The Morgan fingerprint density at radius 2 is 1.88 bits per heavy atom. The van der Waals surface area contributed by atoms with E-state index in [0.717, 1.165) is 17.6 Å². The molecule has 24 heavy (non-hydrogen) atoms. The Balaban J connectivity index is 1.90.